The van der Waals surface area contributed by atoms with Gasteiger partial charge in [-0.3, -0.25) is 14.5 Å². The van der Waals surface area contributed by atoms with E-state index in [9.17, 15) is 9.59 Å². The Morgan fingerprint density at radius 2 is 2.03 bits per heavy atom. The molecule has 1 fully saturated rings. The van der Waals surface area contributed by atoms with Crippen LogP contribution in [0.3, 0.4) is 0 Å². The summed E-state index contributed by atoms with van der Waals surface area (Å²) in [6, 6.07) is 6.03. The van der Waals surface area contributed by atoms with E-state index >= 15 is 0 Å². The molecule has 0 spiro atoms. The lowest BCUT2D eigenvalue weighted by atomic mass is 10.1. The quantitative estimate of drug-likeness (QED) is 0.470. The highest BCUT2D eigenvalue weighted by Crippen LogP contribution is 2.29. The molecule has 182 valence electrons. The molecule has 0 radical (unpaired) electrons. The number of pyridine rings is 1. The Morgan fingerprint density at radius 3 is 2.71 bits per heavy atom. The number of fused-ring (bicyclic) bond motifs is 1. The third-order valence-corrected chi connectivity index (χ3v) is 6.83. The molecule has 10 heteroatoms. The molecule has 3 aromatic heterocycles. The fourth-order valence-electron chi connectivity index (χ4n) is 4.11. The summed E-state index contributed by atoms with van der Waals surface area (Å²) in [6.45, 7) is 8.17. The first-order valence-electron chi connectivity index (χ1n) is 11.7. The number of nitrogens with zero attached hydrogens (tertiary/aromatic N) is 5. The number of thiophene rings is 1. The van der Waals surface area contributed by atoms with Gasteiger partial charge in [0.25, 0.3) is 5.91 Å². The summed E-state index contributed by atoms with van der Waals surface area (Å²) < 4.78 is 6.87. The van der Waals surface area contributed by atoms with Crippen molar-refractivity contribution in [3.05, 3.63) is 35.3 Å². The number of aromatic nitrogens is 3. The molecular formula is C24H32N6O3S. The highest BCUT2D eigenvalue weighted by Gasteiger charge is 2.26. The van der Waals surface area contributed by atoms with E-state index in [1.165, 1.54) is 0 Å². The standard InChI is InChI=1S/C24H32N6O3S/c1-17(2)30-23-19(15-26-30)18(14-20(27-23)21-6-4-13-34-21)24(32)29-10-8-28(9-11-29)16-22(31)25-7-5-12-33-3/h4,6,13-15,17H,5,7-12,16H2,1-3H3,(H,25,31). The van der Waals surface area contributed by atoms with Gasteiger partial charge in [0.15, 0.2) is 5.65 Å². The Hall–Kier alpha value is -2.82. The highest BCUT2D eigenvalue weighted by atomic mass is 32.1. The molecule has 1 aliphatic rings. The zero-order chi connectivity index (χ0) is 24.1. The van der Waals surface area contributed by atoms with Crippen LogP contribution in [0.2, 0.25) is 0 Å². The number of amides is 2. The third-order valence-electron chi connectivity index (χ3n) is 5.93. The minimum absolute atomic E-state index is 0.00779. The van der Waals surface area contributed by atoms with Crippen molar-refractivity contribution in [2.45, 2.75) is 26.3 Å². The van der Waals surface area contributed by atoms with E-state index in [0.29, 0.717) is 51.4 Å². The maximum atomic E-state index is 13.6. The zero-order valence-electron chi connectivity index (χ0n) is 20.0. The van der Waals surface area contributed by atoms with Gasteiger partial charge in [0.2, 0.25) is 5.91 Å². The Morgan fingerprint density at radius 1 is 1.24 bits per heavy atom. The van der Waals surface area contributed by atoms with Crippen molar-refractivity contribution in [2.75, 3.05) is 53.0 Å². The summed E-state index contributed by atoms with van der Waals surface area (Å²) in [7, 11) is 1.65. The Labute approximate surface area is 203 Å². The van der Waals surface area contributed by atoms with E-state index in [1.807, 2.05) is 33.2 Å². The monoisotopic (exact) mass is 484 g/mol. The van der Waals surface area contributed by atoms with Crippen LogP contribution in [0.25, 0.3) is 21.6 Å². The molecule has 0 saturated carbocycles. The molecular weight excluding hydrogens is 452 g/mol. The van der Waals surface area contributed by atoms with Gasteiger partial charge in [0.05, 0.1) is 34.3 Å². The molecule has 0 bridgehead atoms. The number of nitrogens with one attached hydrogen (secondary N) is 1. The molecule has 0 atom stereocenters. The molecule has 4 rings (SSSR count). The minimum Gasteiger partial charge on any atom is -0.385 e. The highest BCUT2D eigenvalue weighted by molar-refractivity contribution is 7.13. The first kappa shape index (κ1) is 24.3. The van der Waals surface area contributed by atoms with Crippen molar-refractivity contribution in [3.8, 4) is 10.6 Å². The summed E-state index contributed by atoms with van der Waals surface area (Å²) in [5, 5.41) is 10.2. The van der Waals surface area contributed by atoms with Crippen LogP contribution in [0.15, 0.2) is 29.8 Å². The molecule has 0 aromatic carbocycles. The number of hydrogen-bond donors (Lipinski definition) is 1. The molecule has 4 heterocycles. The predicted molar refractivity (Wildman–Crippen MR) is 133 cm³/mol. The summed E-state index contributed by atoms with van der Waals surface area (Å²) >= 11 is 1.60. The number of hydrogen-bond acceptors (Lipinski definition) is 7. The second-order valence-electron chi connectivity index (χ2n) is 8.72. The second kappa shape index (κ2) is 11.1. The minimum atomic E-state index is -0.0165. The first-order valence-corrected chi connectivity index (χ1v) is 12.5. The van der Waals surface area contributed by atoms with E-state index < -0.39 is 0 Å². The van der Waals surface area contributed by atoms with E-state index in [4.69, 9.17) is 9.72 Å². The second-order valence-corrected chi connectivity index (χ2v) is 9.66. The molecule has 1 N–H and O–H groups in total. The van der Waals surface area contributed by atoms with Crippen LogP contribution in [0.5, 0.6) is 0 Å². The third kappa shape index (κ3) is 5.45. The SMILES string of the molecule is COCCCNC(=O)CN1CCN(C(=O)c2cc(-c3cccs3)nc3c2cnn3C(C)C)CC1. The number of piperazine rings is 1. The smallest absolute Gasteiger partial charge is 0.254 e. The van der Waals surface area contributed by atoms with Crippen molar-refractivity contribution in [1.29, 1.82) is 0 Å². The average molecular weight is 485 g/mol. The topological polar surface area (TPSA) is 92.6 Å². The zero-order valence-corrected chi connectivity index (χ0v) is 20.8. The van der Waals surface area contributed by atoms with Gasteiger partial charge in [-0.1, -0.05) is 6.07 Å². The van der Waals surface area contributed by atoms with Crippen LogP contribution in [0.4, 0.5) is 0 Å². The molecule has 2 amide bonds. The van der Waals surface area contributed by atoms with Crippen LogP contribution in [-0.2, 0) is 9.53 Å². The van der Waals surface area contributed by atoms with Crippen molar-refractivity contribution in [2.24, 2.45) is 0 Å². The number of methoxy groups -OCH3 is 1. The van der Waals surface area contributed by atoms with Crippen LogP contribution in [0, 0.1) is 0 Å². The number of ether oxygens (including phenoxy) is 1. The number of rotatable bonds is 9. The van der Waals surface area contributed by atoms with Gasteiger partial charge in [0, 0.05) is 52.5 Å². The average Bonchev–Trinajstić information content (AvgIpc) is 3.51. The summed E-state index contributed by atoms with van der Waals surface area (Å²) in [4.78, 5) is 35.6. The van der Waals surface area contributed by atoms with Gasteiger partial charge in [-0.15, -0.1) is 11.3 Å². The van der Waals surface area contributed by atoms with Gasteiger partial charge < -0.3 is 15.0 Å². The molecule has 34 heavy (non-hydrogen) atoms. The normalized spacial score (nSPS) is 14.8. The van der Waals surface area contributed by atoms with Gasteiger partial charge >= 0.3 is 0 Å². The predicted octanol–water partition coefficient (Wildman–Crippen LogP) is 2.65. The van der Waals surface area contributed by atoms with E-state index in [-0.39, 0.29) is 17.9 Å². The lowest BCUT2D eigenvalue weighted by molar-refractivity contribution is -0.122. The fraction of sp³-hybridized carbons (Fsp3) is 0.500. The van der Waals surface area contributed by atoms with Crippen molar-refractivity contribution in [1.82, 2.24) is 29.9 Å². The molecule has 0 aliphatic carbocycles. The Balaban J connectivity index is 1.46. The number of carbonyl (C=O) groups is 2. The molecule has 3 aromatic rings. The van der Waals surface area contributed by atoms with E-state index in [0.717, 1.165) is 28.0 Å². The summed E-state index contributed by atoms with van der Waals surface area (Å²) in [5.41, 5.74) is 2.15. The van der Waals surface area contributed by atoms with Gasteiger partial charge in [-0.25, -0.2) is 9.67 Å². The number of carbonyl (C=O) groups excluding carboxylic acids is 2. The molecule has 9 nitrogen and oxygen atoms in total. The van der Waals surface area contributed by atoms with E-state index in [1.54, 1.807) is 24.6 Å². The van der Waals surface area contributed by atoms with Crippen LogP contribution < -0.4 is 5.32 Å². The van der Waals surface area contributed by atoms with Crippen molar-refractivity contribution >= 4 is 34.2 Å². The van der Waals surface area contributed by atoms with Crippen LogP contribution in [-0.4, -0.2) is 89.4 Å². The largest absolute Gasteiger partial charge is 0.385 e. The van der Waals surface area contributed by atoms with Crippen LogP contribution in [0.1, 0.15) is 36.7 Å². The summed E-state index contributed by atoms with van der Waals surface area (Å²) in [6.07, 6.45) is 2.55. The Bertz CT molecular complexity index is 1120. The molecule has 1 saturated heterocycles. The van der Waals surface area contributed by atoms with Gasteiger partial charge in [-0.2, -0.15) is 5.10 Å². The van der Waals surface area contributed by atoms with Crippen molar-refractivity contribution < 1.29 is 14.3 Å². The van der Waals surface area contributed by atoms with Gasteiger partial charge in [-0.05, 0) is 37.8 Å². The first-order chi connectivity index (χ1) is 16.5. The van der Waals surface area contributed by atoms with Crippen molar-refractivity contribution in [3.63, 3.8) is 0 Å². The fourth-order valence-corrected chi connectivity index (χ4v) is 4.79. The molecule has 1 aliphatic heterocycles. The maximum Gasteiger partial charge on any atom is 0.254 e. The summed E-state index contributed by atoms with van der Waals surface area (Å²) in [5.74, 6) is -0.00871. The Kier molecular flexibility index (Phi) is 7.91. The lowest BCUT2D eigenvalue weighted by Gasteiger charge is -2.34. The van der Waals surface area contributed by atoms with Crippen LogP contribution >= 0.6 is 11.3 Å². The molecule has 0 unspecified atom stereocenters. The maximum absolute atomic E-state index is 13.6. The van der Waals surface area contributed by atoms with Gasteiger partial charge in [0.1, 0.15) is 0 Å². The van der Waals surface area contributed by atoms with E-state index in [2.05, 4.69) is 29.2 Å². The lowest BCUT2D eigenvalue weighted by Crippen LogP contribution is -2.51.